The van der Waals surface area contributed by atoms with Crippen LogP contribution in [0.5, 0.6) is 0 Å². The molecule has 19 heavy (non-hydrogen) atoms. The number of rotatable bonds is 2. The van der Waals surface area contributed by atoms with E-state index in [0.717, 1.165) is 24.4 Å². The summed E-state index contributed by atoms with van der Waals surface area (Å²) < 4.78 is 5.33. The number of hydrogen-bond donors (Lipinski definition) is 0. The van der Waals surface area contributed by atoms with Crippen molar-refractivity contribution in [2.24, 2.45) is 0 Å². The maximum Gasteiger partial charge on any atom is 0.237 e. The van der Waals surface area contributed by atoms with Crippen molar-refractivity contribution in [1.82, 2.24) is 10.1 Å². The molecule has 2 aliphatic rings. The Bertz CT molecular complexity index is 477. The van der Waals surface area contributed by atoms with Crippen molar-refractivity contribution in [2.45, 2.75) is 54.8 Å². The third-order valence-electron chi connectivity index (χ3n) is 3.90. The molecule has 1 aromatic rings. The molecule has 1 aliphatic heterocycles. The molecule has 0 N–H and O–H groups in total. The van der Waals surface area contributed by atoms with E-state index in [1.165, 1.54) is 0 Å². The highest BCUT2D eigenvalue weighted by atomic mass is 32.2. The molecular weight excluding hydrogens is 280 g/mol. The average Bonchev–Trinajstić information content (AvgIpc) is 3.01. The van der Waals surface area contributed by atoms with Gasteiger partial charge in [-0.25, -0.2) is 0 Å². The van der Waals surface area contributed by atoms with Crippen molar-refractivity contribution >= 4 is 29.3 Å². The Morgan fingerprint density at radius 2 is 2.16 bits per heavy atom. The van der Waals surface area contributed by atoms with Crippen LogP contribution < -0.4 is 0 Å². The zero-order valence-corrected chi connectivity index (χ0v) is 12.8. The smallest absolute Gasteiger partial charge is 0.237 e. The number of carbonyl (C=O) groups excluding carboxylic acids is 1. The van der Waals surface area contributed by atoms with E-state index in [1.54, 1.807) is 0 Å². The minimum atomic E-state index is -0.140. The van der Waals surface area contributed by atoms with Crippen molar-refractivity contribution in [2.75, 3.05) is 5.75 Å². The molecule has 3 rings (SSSR count). The van der Waals surface area contributed by atoms with Gasteiger partial charge >= 0.3 is 0 Å². The molecule has 0 amide bonds. The molecule has 0 spiro atoms. The Morgan fingerprint density at radius 3 is 2.84 bits per heavy atom. The Labute approximate surface area is 121 Å². The van der Waals surface area contributed by atoms with Gasteiger partial charge in [0, 0.05) is 22.7 Å². The van der Waals surface area contributed by atoms with E-state index in [2.05, 4.69) is 24.0 Å². The SMILES string of the molecule is CC1SCC(c2noc(C3CCCC3=O)n2)SC1C. The second kappa shape index (κ2) is 5.48. The van der Waals surface area contributed by atoms with Crippen LogP contribution in [0.2, 0.25) is 0 Å². The zero-order valence-electron chi connectivity index (χ0n) is 11.2. The highest BCUT2D eigenvalue weighted by Gasteiger charge is 2.34. The second-order valence-electron chi connectivity index (χ2n) is 5.27. The van der Waals surface area contributed by atoms with Gasteiger partial charge < -0.3 is 4.52 Å². The topological polar surface area (TPSA) is 56.0 Å². The van der Waals surface area contributed by atoms with E-state index in [1.807, 2.05) is 23.5 Å². The van der Waals surface area contributed by atoms with E-state index in [9.17, 15) is 4.79 Å². The molecule has 4 nitrogen and oxygen atoms in total. The summed E-state index contributed by atoms with van der Waals surface area (Å²) >= 11 is 3.88. The summed E-state index contributed by atoms with van der Waals surface area (Å²) in [5.74, 6) is 2.44. The molecule has 4 atom stereocenters. The molecule has 1 aliphatic carbocycles. The van der Waals surface area contributed by atoms with Crippen LogP contribution in [0, 0.1) is 0 Å². The van der Waals surface area contributed by atoms with Crippen LogP contribution in [0.4, 0.5) is 0 Å². The van der Waals surface area contributed by atoms with Crippen LogP contribution in [-0.4, -0.2) is 32.2 Å². The van der Waals surface area contributed by atoms with E-state index in [4.69, 9.17) is 4.52 Å². The van der Waals surface area contributed by atoms with E-state index in [0.29, 0.717) is 28.1 Å². The van der Waals surface area contributed by atoms with E-state index < -0.39 is 0 Å². The van der Waals surface area contributed by atoms with Gasteiger partial charge in [-0.2, -0.15) is 16.7 Å². The average molecular weight is 298 g/mol. The molecule has 2 heterocycles. The number of ketones is 1. The third kappa shape index (κ3) is 2.70. The fourth-order valence-corrected chi connectivity index (χ4v) is 5.35. The van der Waals surface area contributed by atoms with Crippen LogP contribution in [0.3, 0.4) is 0 Å². The molecule has 104 valence electrons. The first kappa shape index (κ1) is 13.5. The molecule has 4 unspecified atom stereocenters. The van der Waals surface area contributed by atoms with Gasteiger partial charge in [-0.1, -0.05) is 19.0 Å². The lowest BCUT2D eigenvalue weighted by Gasteiger charge is -2.29. The van der Waals surface area contributed by atoms with E-state index in [-0.39, 0.29) is 11.7 Å². The molecule has 2 fully saturated rings. The summed E-state index contributed by atoms with van der Waals surface area (Å²) in [7, 11) is 0. The Morgan fingerprint density at radius 1 is 1.32 bits per heavy atom. The summed E-state index contributed by atoms with van der Waals surface area (Å²) in [5.41, 5.74) is 0. The predicted molar refractivity (Wildman–Crippen MR) is 77.6 cm³/mol. The monoisotopic (exact) mass is 298 g/mol. The number of nitrogens with zero attached hydrogens (tertiary/aromatic N) is 2. The Kier molecular flexibility index (Phi) is 3.89. The minimum Gasteiger partial charge on any atom is -0.339 e. The van der Waals surface area contributed by atoms with Gasteiger partial charge in [-0.15, -0.1) is 11.8 Å². The fourth-order valence-electron chi connectivity index (χ4n) is 2.52. The Balaban J connectivity index is 1.73. The van der Waals surface area contributed by atoms with Crippen molar-refractivity contribution < 1.29 is 9.32 Å². The van der Waals surface area contributed by atoms with Crippen molar-refractivity contribution in [3.63, 3.8) is 0 Å². The van der Waals surface area contributed by atoms with Crippen molar-refractivity contribution in [3.8, 4) is 0 Å². The molecular formula is C13H18N2O2S2. The first-order valence-electron chi connectivity index (χ1n) is 6.78. The summed E-state index contributed by atoms with van der Waals surface area (Å²) in [5, 5.41) is 5.67. The Hall–Kier alpha value is -0.490. The number of carbonyl (C=O) groups is 1. The van der Waals surface area contributed by atoms with Crippen molar-refractivity contribution in [1.29, 1.82) is 0 Å². The van der Waals surface area contributed by atoms with E-state index >= 15 is 0 Å². The molecule has 0 bridgehead atoms. The van der Waals surface area contributed by atoms with Gasteiger partial charge in [-0.3, -0.25) is 4.79 Å². The van der Waals surface area contributed by atoms with Crippen LogP contribution in [0.25, 0.3) is 0 Å². The first-order chi connectivity index (χ1) is 9.15. The maximum absolute atomic E-state index is 11.7. The van der Waals surface area contributed by atoms with Gasteiger partial charge in [0.25, 0.3) is 0 Å². The highest BCUT2D eigenvalue weighted by molar-refractivity contribution is 8.07. The highest BCUT2D eigenvalue weighted by Crippen LogP contribution is 2.43. The molecule has 1 aromatic heterocycles. The van der Waals surface area contributed by atoms with Crippen LogP contribution in [0.1, 0.15) is 56.0 Å². The van der Waals surface area contributed by atoms with Crippen LogP contribution in [0.15, 0.2) is 4.52 Å². The largest absolute Gasteiger partial charge is 0.339 e. The summed E-state index contributed by atoms with van der Waals surface area (Å²) in [4.78, 5) is 16.2. The lowest BCUT2D eigenvalue weighted by atomic mass is 10.1. The number of hydrogen-bond acceptors (Lipinski definition) is 6. The molecule has 6 heteroatoms. The standard InChI is InChI=1S/C13H18N2O2S2/c1-7-8(2)19-11(6-18-7)12-14-13(17-15-12)9-4-3-5-10(9)16/h7-9,11H,3-6H2,1-2H3. The molecule has 0 radical (unpaired) electrons. The van der Waals surface area contributed by atoms with Gasteiger partial charge in [0.2, 0.25) is 5.89 Å². The third-order valence-corrected chi connectivity index (χ3v) is 7.29. The van der Waals surface area contributed by atoms with Gasteiger partial charge in [0.1, 0.15) is 5.78 Å². The molecule has 1 saturated heterocycles. The van der Waals surface area contributed by atoms with Crippen LogP contribution in [-0.2, 0) is 4.79 Å². The zero-order chi connectivity index (χ0) is 13.4. The lowest BCUT2D eigenvalue weighted by molar-refractivity contribution is -0.119. The number of thioether (sulfide) groups is 2. The van der Waals surface area contributed by atoms with Gasteiger partial charge in [-0.05, 0) is 12.8 Å². The summed E-state index contributed by atoms with van der Waals surface area (Å²) in [6, 6.07) is 0. The molecule has 1 saturated carbocycles. The number of Topliss-reactive ketones (excluding diaryl/α,β-unsaturated/α-hetero) is 1. The quantitative estimate of drug-likeness (QED) is 0.835. The van der Waals surface area contributed by atoms with Gasteiger partial charge in [0.15, 0.2) is 5.82 Å². The second-order valence-corrected chi connectivity index (χ2v) is 8.27. The summed E-state index contributed by atoms with van der Waals surface area (Å²) in [6.45, 7) is 4.51. The fraction of sp³-hybridized carbons (Fsp3) is 0.769. The normalized spacial score (nSPS) is 35.8. The first-order valence-corrected chi connectivity index (χ1v) is 8.77. The predicted octanol–water partition coefficient (Wildman–Crippen LogP) is 3.20. The lowest BCUT2D eigenvalue weighted by Crippen LogP contribution is -2.22. The molecule has 0 aromatic carbocycles. The maximum atomic E-state index is 11.7. The summed E-state index contributed by atoms with van der Waals surface area (Å²) in [6.07, 6.45) is 2.47. The van der Waals surface area contributed by atoms with Crippen LogP contribution >= 0.6 is 23.5 Å². The van der Waals surface area contributed by atoms with Crippen molar-refractivity contribution in [3.05, 3.63) is 11.7 Å². The van der Waals surface area contributed by atoms with Gasteiger partial charge in [0.05, 0.1) is 11.2 Å². The minimum absolute atomic E-state index is 0.140. The number of aromatic nitrogens is 2.